The fourth-order valence-electron chi connectivity index (χ4n) is 4.67. The first-order chi connectivity index (χ1) is 12.8. The van der Waals surface area contributed by atoms with Crippen LogP contribution in [0.5, 0.6) is 5.75 Å². The number of ether oxygens (including phenoxy) is 1. The molecule has 2 aliphatic rings. The number of aromatic nitrogens is 3. The van der Waals surface area contributed by atoms with Crippen LogP contribution in [-0.2, 0) is 0 Å². The minimum absolute atomic E-state index is 0.663. The summed E-state index contributed by atoms with van der Waals surface area (Å²) < 4.78 is 5.67. The van der Waals surface area contributed by atoms with Gasteiger partial charge in [-0.25, -0.2) is 4.98 Å². The van der Waals surface area contributed by atoms with E-state index in [0.717, 1.165) is 33.7 Å². The van der Waals surface area contributed by atoms with Gasteiger partial charge in [-0.3, -0.25) is 5.10 Å². The van der Waals surface area contributed by atoms with E-state index in [1.54, 1.807) is 0 Å². The van der Waals surface area contributed by atoms with Gasteiger partial charge in [0.05, 0.1) is 12.1 Å². The van der Waals surface area contributed by atoms with Crippen LogP contribution in [0.3, 0.4) is 0 Å². The first-order valence-electron chi connectivity index (χ1n) is 9.69. The highest BCUT2D eigenvalue weighted by Crippen LogP contribution is 2.39. The number of piperidine rings is 1. The Balaban J connectivity index is 1.55. The first kappa shape index (κ1) is 15.7. The third-order valence-corrected chi connectivity index (χ3v) is 5.82. The molecule has 1 N–H and O–H groups in total. The molecule has 2 aliphatic heterocycles. The molecular formula is C21H24N4O. The summed E-state index contributed by atoms with van der Waals surface area (Å²) in [6.45, 7) is 2.67. The standard InChI is InChI=1S/C21H24N4O/c1-2-26-17-8-9-19-18(13-17)21(24-23-19)14-10-11-22-20(12-14)25-15-4-3-5-16(25)7-6-15/h8-13,15-16H,2-7H2,1H3,(H,23,24). The number of nitrogens with one attached hydrogen (secondary N) is 1. The van der Waals surface area contributed by atoms with E-state index in [1.807, 2.05) is 25.3 Å². The number of hydrogen-bond acceptors (Lipinski definition) is 4. The van der Waals surface area contributed by atoms with Gasteiger partial charge in [-0.1, -0.05) is 0 Å². The molecule has 5 heteroatoms. The Bertz CT molecular complexity index is 919. The van der Waals surface area contributed by atoms with Crippen LogP contribution in [-0.4, -0.2) is 33.9 Å². The molecule has 134 valence electrons. The van der Waals surface area contributed by atoms with Crippen molar-refractivity contribution in [2.45, 2.75) is 51.1 Å². The van der Waals surface area contributed by atoms with Crippen LogP contribution in [0.15, 0.2) is 36.5 Å². The largest absolute Gasteiger partial charge is 0.494 e. The van der Waals surface area contributed by atoms with Gasteiger partial charge in [-0.15, -0.1) is 0 Å². The summed E-state index contributed by atoms with van der Waals surface area (Å²) in [5.41, 5.74) is 3.11. The number of pyridine rings is 1. The van der Waals surface area contributed by atoms with Gasteiger partial charge in [0.1, 0.15) is 17.3 Å². The zero-order valence-electron chi connectivity index (χ0n) is 15.1. The lowest BCUT2D eigenvalue weighted by Crippen LogP contribution is -2.40. The molecule has 2 aromatic heterocycles. The second kappa shape index (κ2) is 6.31. The average molecular weight is 348 g/mol. The van der Waals surface area contributed by atoms with Gasteiger partial charge in [0, 0.05) is 29.2 Å². The molecule has 2 atom stereocenters. The normalized spacial score (nSPS) is 22.1. The zero-order valence-corrected chi connectivity index (χ0v) is 15.1. The molecular weight excluding hydrogens is 324 g/mol. The second-order valence-corrected chi connectivity index (χ2v) is 7.34. The Labute approximate surface area is 153 Å². The van der Waals surface area contributed by atoms with Gasteiger partial charge < -0.3 is 9.64 Å². The van der Waals surface area contributed by atoms with Crippen LogP contribution < -0.4 is 9.64 Å². The number of fused-ring (bicyclic) bond motifs is 3. The Morgan fingerprint density at radius 2 is 1.96 bits per heavy atom. The van der Waals surface area contributed by atoms with Gasteiger partial charge in [-0.05, 0) is 69.4 Å². The molecule has 2 bridgehead atoms. The molecule has 0 aliphatic carbocycles. The van der Waals surface area contributed by atoms with E-state index < -0.39 is 0 Å². The van der Waals surface area contributed by atoms with Crippen LogP contribution in [0, 0.1) is 0 Å². The molecule has 1 aromatic carbocycles. The van der Waals surface area contributed by atoms with Gasteiger partial charge in [-0.2, -0.15) is 5.10 Å². The highest BCUT2D eigenvalue weighted by molar-refractivity contribution is 5.94. The number of hydrogen-bond donors (Lipinski definition) is 1. The molecule has 2 unspecified atom stereocenters. The number of rotatable bonds is 4. The molecule has 5 rings (SSSR count). The number of benzene rings is 1. The van der Waals surface area contributed by atoms with E-state index in [1.165, 1.54) is 32.1 Å². The lowest BCUT2D eigenvalue weighted by Gasteiger charge is -2.35. The predicted molar refractivity (Wildman–Crippen MR) is 104 cm³/mol. The molecule has 5 nitrogen and oxygen atoms in total. The van der Waals surface area contributed by atoms with Crippen molar-refractivity contribution in [3.05, 3.63) is 36.5 Å². The average Bonchev–Trinajstić information content (AvgIpc) is 3.20. The Hall–Kier alpha value is -2.56. The lowest BCUT2D eigenvalue weighted by atomic mass is 10.0. The van der Waals surface area contributed by atoms with Gasteiger partial charge in [0.15, 0.2) is 0 Å². The first-order valence-corrected chi connectivity index (χ1v) is 9.69. The van der Waals surface area contributed by atoms with E-state index in [2.05, 4.69) is 33.3 Å². The van der Waals surface area contributed by atoms with Gasteiger partial charge in [0.25, 0.3) is 0 Å². The monoisotopic (exact) mass is 348 g/mol. The molecule has 26 heavy (non-hydrogen) atoms. The summed E-state index contributed by atoms with van der Waals surface area (Å²) in [5, 5.41) is 8.82. The third kappa shape index (κ3) is 2.54. The van der Waals surface area contributed by atoms with E-state index in [4.69, 9.17) is 9.72 Å². The fourth-order valence-corrected chi connectivity index (χ4v) is 4.67. The van der Waals surface area contributed by atoms with Crippen LogP contribution in [0.1, 0.15) is 39.0 Å². The topological polar surface area (TPSA) is 54.0 Å². The fraction of sp³-hybridized carbons (Fsp3) is 0.429. The van der Waals surface area contributed by atoms with Crippen molar-refractivity contribution in [2.24, 2.45) is 0 Å². The van der Waals surface area contributed by atoms with Crippen molar-refractivity contribution in [1.29, 1.82) is 0 Å². The summed E-state index contributed by atoms with van der Waals surface area (Å²) in [6.07, 6.45) is 8.48. The second-order valence-electron chi connectivity index (χ2n) is 7.34. The lowest BCUT2D eigenvalue weighted by molar-refractivity contribution is 0.341. The van der Waals surface area contributed by atoms with Gasteiger partial charge in [0.2, 0.25) is 0 Å². The Morgan fingerprint density at radius 1 is 1.12 bits per heavy atom. The maximum atomic E-state index is 5.67. The van der Waals surface area contributed by atoms with Crippen LogP contribution in [0.4, 0.5) is 5.82 Å². The Kier molecular flexibility index (Phi) is 3.80. The maximum Gasteiger partial charge on any atom is 0.129 e. The van der Waals surface area contributed by atoms with Crippen molar-refractivity contribution in [3.63, 3.8) is 0 Å². The minimum Gasteiger partial charge on any atom is -0.494 e. The smallest absolute Gasteiger partial charge is 0.129 e. The van der Waals surface area contributed by atoms with Crippen LogP contribution in [0.25, 0.3) is 22.2 Å². The van der Waals surface area contributed by atoms with E-state index in [0.29, 0.717) is 18.7 Å². The number of nitrogens with zero attached hydrogens (tertiary/aromatic N) is 3. The summed E-state index contributed by atoms with van der Waals surface area (Å²) in [6, 6.07) is 11.7. The maximum absolute atomic E-state index is 5.67. The number of anilines is 1. The molecule has 0 radical (unpaired) electrons. The third-order valence-electron chi connectivity index (χ3n) is 5.82. The number of aromatic amines is 1. The van der Waals surface area contributed by atoms with Crippen molar-refractivity contribution in [1.82, 2.24) is 15.2 Å². The molecule has 2 saturated heterocycles. The molecule has 0 spiro atoms. The predicted octanol–water partition coefficient (Wildman–Crippen LogP) is 4.54. The van der Waals surface area contributed by atoms with Crippen LogP contribution in [0.2, 0.25) is 0 Å². The van der Waals surface area contributed by atoms with E-state index >= 15 is 0 Å². The molecule has 0 saturated carbocycles. The van der Waals surface area contributed by atoms with Crippen molar-refractivity contribution in [2.75, 3.05) is 11.5 Å². The highest BCUT2D eigenvalue weighted by Gasteiger charge is 2.37. The van der Waals surface area contributed by atoms with Crippen molar-refractivity contribution < 1.29 is 4.74 Å². The summed E-state index contributed by atoms with van der Waals surface area (Å²) in [7, 11) is 0. The van der Waals surface area contributed by atoms with E-state index in [9.17, 15) is 0 Å². The summed E-state index contributed by atoms with van der Waals surface area (Å²) >= 11 is 0. The van der Waals surface area contributed by atoms with Crippen molar-refractivity contribution >= 4 is 16.7 Å². The van der Waals surface area contributed by atoms with Crippen LogP contribution >= 0.6 is 0 Å². The van der Waals surface area contributed by atoms with Gasteiger partial charge >= 0.3 is 0 Å². The molecule has 4 heterocycles. The Morgan fingerprint density at radius 3 is 2.77 bits per heavy atom. The van der Waals surface area contributed by atoms with Crippen molar-refractivity contribution in [3.8, 4) is 17.0 Å². The highest BCUT2D eigenvalue weighted by atomic mass is 16.5. The summed E-state index contributed by atoms with van der Waals surface area (Å²) in [5.74, 6) is 1.98. The molecule has 3 aromatic rings. The zero-order chi connectivity index (χ0) is 17.5. The minimum atomic E-state index is 0.663. The quantitative estimate of drug-likeness (QED) is 0.752. The number of H-pyrrole nitrogens is 1. The van der Waals surface area contributed by atoms with E-state index in [-0.39, 0.29) is 0 Å². The summed E-state index contributed by atoms with van der Waals surface area (Å²) in [4.78, 5) is 7.27. The molecule has 0 amide bonds. The molecule has 2 fully saturated rings. The SMILES string of the molecule is CCOc1ccc2[nH]nc(-c3ccnc(N4C5CCCC4CC5)c3)c2c1.